The molecule has 1 saturated heterocycles. The van der Waals surface area contributed by atoms with Crippen molar-refractivity contribution in [3.63, 3.8) is 0 Å². The SMILES string of the molecule is OC1(COCC2CCCNC2)CCCC1. The number of piperidine rings is 1. The first-order valence-electron chi connectivity index (χ1n) is 6.29. The van der Waals surface area contributed by atoms with E-state index in [-0.39, 0.29) is 0 Å². The van der Waals surface area contributed by atoms with Gasteiger partial charge in [0.05, 0.1) is 18.8 Å². The van der Waals surface area contributed by atoms with E-state index in [4.69, 9.17) is 4.74 Å². The van der Waals surface area contributed by atoms with Crippen molar-refractivity contribution in [1.82, 2.24) is 5.32 Å². The molecule has 0 bridgehead atoms. The predicted molar refractivity (Wildman–Crippen MR) is 59.8 cm³/mol. The molecule has 1 aliphatic carbocycles. The van der Waals surface area contributed by atoms with Crippen molar-refractivity contribution in [1.29, 1.82) is 0 Å². The zero-order valence-electron chi connectivity index (χ0n) is 9.50. The second-order valence-corrected chi connectivity index (χ2v) is 5.16. The summed E-state index contributed by atoms with van der Waals surface area (Å²) in [6.45, 7) is 3.59. The lowest BCUT2D eigenvalue weighted by Crippen LogP contribution is -2.35. The van der Waals surface area contributed by atoms with E-state index in [1.165, 1.54) is 12.8 Å². The maximum absolute atomic E-state index is 10.1. The molecule has 1 heterocycles. The third kappa shape index (κ3) is 3.44. The van der Waals surface area contributed by atoms with E-state index >= 15 is 0 Å². The maximum Gasteiger partial charge on any atom is 0.0880 e. The fraction of sp³-hybridized carbons (Fsp3) is 1.00. The lowest BCUT2D eigenvalue weighted by Gasteiger charge is -2.26. The van der Waals surface area contributed by atoms with Crippen molar-refractivity contribution < 1.29 is 9.84 Å². The van der Waals surface area contributed by atoms with E-state index < -0.39 is 5.60 Å². The first-order valence-corrected chi connectivity index (χ1v) is 6.29. The first kappa shape index (κ1) is 11.4. The summed E-state index contributed by atoms with van der Waals surface area (Å²) in [6.07, 6.45) is 6.70. The standard InChI is InChI=1S/C12H23NO2/c14-12(5-1-2-6-12)10-15-9-11-4-3-7-13-8-11/h11,13-14H,1-10H2. The number of hydrogen-bond acceptors (Lipinski definition) is 3. The van der Waals surface area contributed by atoms with E-state index in [9.17, 15) is 5.11 Å². The van der Waals surface area contributed by atoms with Crippen LogP contribution in [-0.4, -0.2) is 37.0 Å². The monoisotopic (exact) mass is 213 g/mol. The second-order valence-electron chi connectivity index (χ2n) is 5.16. The van der Waals surface area contributed by atoms with Gasteiger partial charge < -0.3 is 15.2 Å². The summed E-state index contributed by atoms with van der Waals surface area (Å²) in [7, 11) is 0. The number of nitrogens with one attached hydrogen (secondary N) is 1. The Morgan fingerprint density at radius 2 is 2.07 bits per heavy atom. The van der Waals surface area contributed by atoms with Gasteiger partial charge in [0.2, 0.25) is 0 Å². The van der Waals surface area contributed by atoms with E-state index in [1.54, 1.807) is 0 Å². The highest BCUT2D eigenvalue weighted by molar-refractivity contribution is 4.84. The molecule has 2 rings (SSSR count). The van der Waals surface area contributed by atoms with Crippen LogP contribution in [0.2, 0.25) is 0 Å². The third-order valence-electron chi connectivity index (χ3n) is 3.66. The van der Waals surface area contributed by atoms with Gasteiger partial charge in [-0.2, -0.15) is 0 Å². The zero-order chi connectivity index (χ0) is 10.6. The molecule has 3 nitrogen and oxygen atoms in total. The van der Waals surface area contributed by atoms with Crippen molar-refractivity contribution in [2.45, 2.75) is 44.1 Å². The molecule has 1 atom stereocenters. The second kappa shape index (κ2) is 5.28. The van der Waals surface area contributed by atoms with Crippen molar-refractivity contribution in [2.24, 2.45) is 5.92 Å². The van der Waals surface area contributed by atoms with Crippen LogP contribution >= 0.6 is 0 Å². The van der Waals surface area contributed by atoms with Crippen LogP contribution in [-0.2, 0) is 4.74 Å². The van der Waals surface area contributed by atoms with Crippen molar-refractivity contribution in [2.75, 3.05) is 26.3 Å². The largest absolute Gasteiger partial charge is 0.387 e. The Kier molecular flexibility index (Phi) is 4.00. The number of rotatable bonds is 4. The average molecular weight is 213 g/mol. The zero-order valence-corrected chi connectivity index (χ0v) is 9.50. The highest BCUT2D eigenvalue weighted by atomic mass is 16.5. The first-order chi connectivity index (χ1) is 7.29. The van der Waals surface area contributed by atoms with E-state index in [2.05, 4.69) is 5.32 Å². The minimum Gasteiger partial charge on any atom is -0.387 e. The van der Waals surface area contributed by atoms with Crippen LogP contribution in [0.3, 0.4) is 0 Å². The van der Waals surface area contributed by atoms with E-state index in [1.807, 2.05) is 0 Å². The summed E-state index contributed by atoms with van der Waals surface area (Å²) >= 11 is 0. The molecule has 2 N–H and O–H groups in total. The van der Waals surface area contributed by atoms with Crippen molar-refractivity contribution >= 4 is 0 Å². The van der Waals surface area contributed by atoms with Crippen LogP contribution in [0.5, 0.6) is 0 Å². The fourth-order valence-electron chi connectivity index (χ4n) is 2.66. The van der Waals surface area contributed by atoms with Crippen LogP contribution in [0.15, 0.2) is 0 Å². The van der Waals surface area contributed by atoms with Gasteiger partial charge in [-0.05, 0) is 38.1 Å². The van der Waals surface area contributed by atoms with Crippen molar-refractivity contribution in [3.05, 3.63) is 0 Å². The molecule has 0 aromatic rings. The van der Waals surface area contributed by atoms with Gasteiger partial charge in [-0.15, -0.1) is 0 Å². The molecule has 0 spiro atoms. The number of ether oxygens (including phenoxy) is 1. The van der Waals surface area contributed by atoms with E-state index in [0.29, 0.717) is 12.5 Å². The Bertz CT molecular complexity index is 184. The molecule has 3 heteroatoms. The summed E-state index contributed by atoms with van der Waals surface area (Å²) in [6, 6.07) is 0. The van der Waals surface area contributed by atoms with Crippen LogP contribution in [0, 0.1) is 5.92 Å². The van der Waals surface area contributed by atoms with Gasteiger partial charge in [0.1, 0.15) is 0 Å². The number of hydrogen-bond donors (Lipinski definition) is 2. The van der Waals surface area contributed by atoms with Gasteiger partial charge in [0.15, 0.2) is 0 Å². The Hall–Kier alpha value is -0.120. The molecular weight excluding hydrogens is 190 g/mol. The smallest absolute Gasteiger partial charge is 0.0880 e. The van der Waals surface area contributed by atoms with E-state index in [0.717, 1.165) is 45.4 Å². The van der Waals surface area contributed by atoms with Crippen molar-refractivity contribution in [3.8, 4) is 0 Å². The van der Waals surface area contributed by atoms with Gasteiger partial charge in [0.25, 0.3) is 0 Å². The topological polar surface area (TPSA) is 41.5 Å². The highest BCUT2D eigenvalue weighted by Crippen LogP contribution is 2.29. The average Bonchev–Trinajstić information content (AvgIpc) is 2.67. The molecule has 2 aliphatic rings. The molecular formula is C12H23NO2. The van der Waals surface area contributed by atoms with Crippen LogP contribution in [0.4, 0.5) is 0 Å². The van der Waals surface area contributed by atoms with Crippen LogP contribution in [0.25, 0.3) is 0 Å². The number of aliphatic hydroxyl groups is 1. The Morgan fingerprint density at radius 3 is 2.73 bits per heavy atom. The van der Waals surface area contributed by atoms with Gasteiger partial charge in [-0.25, -0.2) is 0 Å². The summed E-state index contributed by atoms with van der Waals surface area (Å²) in [5.41, 5.74) is -0.498. The fourth-order valence-corrected chi connectivity index (χ4v) is 2.66. The minimum atomic E-state index is -0.498. The summed E-state index contributed by atoms with van der Waals surface area (Å²) in [5.74, 6) is 0.656. The molecule has 1 aliphatic heterocycles. The molecule has 0 amide bonds. The Morgan fingerprint density at radius 1 is 1.27 bits per heavy atom. The van der Waals surface area contributed by atoms with Crippen LogP contribution < -0.4 is 5.32 Å². The molecule has 0 aromatic carbocycles. The summed E-state index contributed by atoms with van der Waals surface area (Å²) < 4.78 is 5.67. The molecule has 0 aromatic heterocycles. The molecule has 1 unspecified atom stereocenters. The Balaban J connectivity index is 1.61. The summed E-state index contributed by atoms with van der Waals surface area (Å²) in [5, 5.41) is 13.5. The molecule has 88 valence electrons. The third-order valence-corrected chi connectivity index (χ3v) is 3.66. The summed E-state index contributed by atoms with van der Waals surface area (Å²) in [4.78, 5) is 0. The minimum absolute atomic E-state index is 0.498. The predicted octanol–water partition coefficient (Wildman–Crippen LogP) is 1.31. The van der Waals surface area contributed by atoms with Crippen LogP contribution in [0.1, 0.15) is 38.5 Å². The molecule has 15 heavy (non-hydrogen) atoms. The van der Waals surface area contributed by atoms with Gasteiger partial charge in [0, 0.05) is 6.54 Å². The maximum atomic E-state index is 10.1. The molecule has 0 radical (unpaired) electrons. The molecule has 1 saturated carbocycles. The van der Waals surface area contributed by atoms with Gasteiger partial charge in [-0.3, -0.25) is 0 Å². The lowest BCUT2D eigenvalue weighted by molar-refractivity contribution is -0.0507. The highest BCUT2D eigenvalue weighted by Gasteiger charge is 2.31. The normalized spacial score (nSPS) is 30.6. The Labute approximate surface area is 92.2 Å². The molecule has 2 fully saturated rings. The van der Waals surface area contributed by atoms with Gasteiger partial charge in [-0.1, -0.05) is 12.8 Å². The lowest BCUT2D eigenvalue weighted by atomic mass is 10.0. The van der Waals surface area contributed by atoms with Gasteiger partial charge >= 0.3 is 0 Å². The quantitative estimate of drug-likeness (QED) is 0.740.